The SMILES string of the molecule is O=C(O)c1ccc(CNCCC(=O)N2CCCCC2)o1. The zero-order valence-electron chi connectivity index (χ0n) is 11.4. The van der Waals surface area contributed by atoms with E-state index < -0.39 is 5.97 Å². The molecule has 0 aliphatic carbocycles. The first kappa shape index (κ1) is 14.6. The van der Waals surface area contributed by atoms with Crippen LogP contribution in [-0.2, 0) is 11.3 Å². The van der Waals surface area contributed by atoms with Crippen LogP contribution in [0.3, 0.4) is 0 Å². The number of carboxylic acid groups (broad SMARTS) is 1. The Morgan fingerprint density at radius 3 is 2.65 bits per heavy atom. The number of piperidine rings is 1. The number of rotatable bonds is 6. The van der Waals surface area contributed by atoms with Gasteiger partial charge in [-0.15, -0.1) is 0 Å². The molecule has 0 atom stereocenters. The van der Waals surface area contributed by atoms with Gasteiger partial charge in [0.1, 0.15) is 5.76 Å². The van der Waals surface area contributed by atoms with Gasteiger partial charge < -0.3 is 19.7 Å². The van der Waals surface area contributed by atoms with E-state index >= 15 is 0 Å². The molecule has 0 unspecified atom stereocenters. The van der Waals surface area contributed by atoms with Crippen LogP contribution in [0.5, 0.6) is 0 Å². The van der Waals surface area contributed by atoms with Crippen LogP contribution in [0.2, 0.25) is 0 Å². The lowest BCUT2D eigenvalue weighted by Gasteiger charge is -2.26. The summed E-state index contributed by atoms with van der Waals surface area (Å²) in [6.45, 7) is 2.75. The van der Waals surface area contributed by atoms with Crippen molar-refractivity contribution in [3.63, 3.8) is 0 Å². The average molecular weight is 280 g/mol. The Kier molecular flexibility index (Phi) is 5.17. The summed E-state index contributed by atoms with van der Waals surface area (Å²) in [4.78, 5) is 24.4. The van der Waals surface area contributed by atoms with Crippen molar-refractivity contribution in [2.24, 2.45) is 0 Å². The van der Waals surface area contributed by atoms with Gasteiger partial charge >= 0.3 is 5.97 Å². The smallest absolute Gasteiger partial charge is 0.371 e. The molecule has 2 heterocycles. The van der Waals surface area contributed by atoms with Crippen LogP contribution in [-0.4, -0.2) is 41.5 Å². The van der Waals surface area contributed by atoms with E-state index in [-0.39, 0.29) is 11.7 Å². The minimum Gasteiger partial charge on any atom is -0.475 e. The van der Waals surface area contributed by atoms with Crippen molar-refractivity contribution in [2.75, 3.05) is 19.6 Å². The van der Waals surface area contributed by atoms with Crippen molar-refractivity contribution in [1.29, 1.82) is 0 Å². The molecule has 1 saturated heterocycles. The molecule has 110 valence electrons. The number of aromatic carboxylic acids is 1. The molecule has 0 radical (unpaired) electrons. The maximum atomic E-state index is 11.9. The molecule has 1 aromatic rings. The maximum Gasteiger partial charge on any atom is 0.371 e. The predicted octanol–water partition coefficient (Wildman–Crippen LogP) is 1.47. The van der Waals surface area contributed by atoms with E-state index in [1.165, 1.54) is 12.5 Å². The maximum absolute atomic E-state index is 11.9. The number of amides is 1. The number of nitrogens with zero attached hydrogens (tertiary/aromatic N) is 1. The van der Waals surface area contributed by atoms with Crippen molar-refractivity contribution in [1.82, 2.24) is 10.2 Å². The second-order valence-corrected chi connectivity index (χ2v) is 4.94. The normalized spacial score (nSPS) is 15.3. The van der Waals surface area contributed by atoms with Gasteiger partial charge in [0.25, 0.3) is 0 Å². The van der Waals surface area contributed by atoms with E-state index in [2.05, 4.69) is 5.32 Å². The van der Waals surface area contributed by atoms with Crippen LogP contribution in [0, 0.1) is 0 Å². The number of likely N-dealkylation sites (tertiary alicyclic amines) is 1. The first-order valence-electron chi connectivity index (χ1n) is 6.97. The van der Waals surface area contributed by atoms with Crippen LogP contribution in [0.4, 0.5) is 0 Å². The van der Waals surface area contributed by atoms with Crippen molar-refractivity contribution in [3.05, 3.63) is 23.7 Å². The number of hydrogen-bond donors (Lipinski definition) is 2. The highest BCUT2D eigenvalue weighted by Gasteiger charge is 2.15. The zero-order chi connectivity index (χ0) is 14.4. The third-order valence-corrected chi connectivity index (χ3v) is 3.40. The Morgan fingerprint density at radius 1 is 1.25 bits per heavy atom. The van der Waals surface area contributed by atoms with Gasteiger partial charge in [0.2, 0.25) is 11.7 Å². The standard InChI is InChI=1S/C14H20N2O4/c17-13(16-8-2-1-3-9-16)6-7-15-10-11-4-5-12(20-11)14(18)19/h4-5,15H,1-3,6-10H2,(H,18,19). The second kappa shape index (κ2) is 7.09. The monoisotopic (exact) mass is 280 g/mol. The van der Waals surface area contributed by atoms with Crippen LogP contribution < -0.4 is 5.32 Å². The zero-order valence-corrected chi connectivity index (χ0v) is 11.4. The lowest BCUT2D eigenvalue weighted by Crippen LogP contribution is -2.37. The number of hydrogen-bond acceptors (Lipinski definition) is 4. The van der Waals surface area contributed by atoms with Crippen LogP contribution in [0.15, 0.2) is 16.5 Å². The van der Waals surface area contributed by atoms with Gasteiger partial charge in [0, 0.05) is 26.1 Å². The summed E-state index contributed by atoms with van der Waals surface area (Å²) in [6, 6.07) is 3.06. The van der Waals surface area contributed by atoms with E-state index in [1.807, 2.05) is 4.90 Å². The molecular formula is C14H20N2O4. The first-order valence-corrected chi connectivity index (χ1v) is 6.97. The molecule has 0 saturated carbocycles. The minimum absolute atomic E-state index is 0.0637. The number of furan rings is 1. The van der Waals surface area contributed by atoms with Crippen molar-refractivity contribution in [3.8, 4) is 0 Å². The predicted molar refractivity (Wildman–Crippen MR) is 72.4 cm³/mol. The van der Waals surface area contributed by atoms with E-state index in [4.69, 9.17) is 9.52 Å². The molecule has 0 spiro atoms. The quantitative estimate of drug-likeness (QED) is 0.771. The summed E-state index contributed by atoms with van der Waals surface area (Å²) in [7, 11) is 0. The van der Waals surface area contributed by atoms with Gasteiger partial charge in [-0.25, -0.2) is 4.79 Å². The summed E-state index contributed by atoms with van der Waals surface area (Å²) < 4.78 is 5.11. The molecule has 1 aliphatic rings. The van der Waals surface area contributed by atoms with Crippen LogP contribution >= 0.6 is 0 Å². The second-order valence-electron chi connectivity index (χ2n) is 4.94. The highest BCUT2D eigenvalue weighted by molar-refractivity contribution is 5.84. The highest BCUT2D eigenvalue weighted by atomic mass is 16.4. The van der Waals surface area contributed by atoms with Gasteiger partial charge in [0.15, 0.2) is 0 Å². The third kappa shape index (κ3) is 4.09. The summed E-state index contributed by atoms with van der Waals surface area (Å²) in [5.74, 6) is -0.390. The van der Waals surface area contributed by atoms with Crippen molar-refractivity contribution >= 4 is 11.9 Å². The Hall–Kier alpha value is -1.82. The van der Waals surface area contributed by atoms with Crippen molar-refractivity contribution < 1.29 is 19.1 Å². The van der Waals surface area contributed by atoms with Gasteiger partial charge in [-0.3, -0.25) is 4.79 Å². The molecule has 1 aliphatic heterocycles. The van der Waals surface area contributed by atoms with Gasteiger partial charge in [-0.1, -0.05) is 0 Å². The molecule has 0 aromatic carbocycles. The molecule has 1 fully saturated rings. The van der Waals surface area contributed by atoms with Gasteiger partial charge in [-0.05, 0) is 31.4 Å². The number of carbonyl (C=O) groups excluding carboxylic acids is 1. The summed E-state index contributed by atoms with van der Waals surface area (Å²) >= 11 is 0. The fourth-order valence-electron chi connectivity index (χ4n) is 2.30. The van der Waals surface area contributed by atoms with Gasteiger partial charge in [0.05, 0.1) is 6.54 Å². The lowest BCUT2D eigenvalue weighted by atomic mass is 10.1. The Labute approximate surface area is 117 Å². The average Bonchev–Trinajstić information content (AvgIpc) is 2.93. The fraction of sp³-hybridized carbons (Fsp3) is 0.571. The van der Waals surface area contributed by atoms with Crippen molar-refractivity contribution in [2.45, 2.75) is 32.2 Å². The Morgan fingerprint density at radius 2 is 2.00 bits per heavy atom. The molecule has 2 rings (SSSR count). The van der Waals surface area contributed by atoms with E-state index in [0.717, 1.165) is 25.9 Å². The summed E-state index contributed by atoms with van der Waals surface area (Å²) in [6.07, 6.45) is 3.88. The summed E-state index contributed by atoms with van der Waals surface area (Å²) in [5, 5.41) is 11.8. The molecule has 0 bridgehead atoms. The van der Waals surface area contributed by atoms with Crippen LogP contribution in [0.1, 0.15) is 42.0 Å². The fourth-order valence-corrected chi connectivity index (χ4v) is 2.30. The first-order chi connectivity index (χ1) is 9.66. The minimum atomic E-state index is -1.07. The number of nitrogens with one attached hydrogen (secondary N) is 1. The molecule has 2 N–H and O–H groups in total. The van der Waals surface area contributed by atoms with Crippen LogP contribution in [0.25, 0.3) is 0 Å². The number of carboxylic acids is 1. The van der Waals surface area contributed by atoms with E-state index in [9.17, 15) is 9.59 Å². The number of carbonyl (C=O) groups is 2. The molecule has 1 amide bonds. The molecule has 1 aromatic heterocycles. The molecule has 6 nitrogen and oxygen atoms in total. The van der Waals surface area contributed by atoms with E-state index in [0.29, 0.717) is 25.3 Å². The molecule has 20 heavy (non-hydrogen) atoms. The Bertz CT molecular complexity index is 463. The third-order valence-electron chi connectivity index (χ3n) is 3.40. The lowest BCUT2D eigenvalue weighted by molar-refractivity contribution is -0.131. The summed E-state index contributed by atoms with van der Waals surface area (Å²) in [5.41, 5.74) is 0. The topological polar surface area (TPSA) is 82.8 Å². The molecule has 6 heteroatoms. The largest absolute Gasteiger partial charge is 0.475 e. The van der Waals surface area contributed by atoms with Gasteiger partial charge in [-0.2, -0.15) is 0 Å². The van der Waals surface area contributed by atoms with E-state index in [1.54, 1.807) is 6.07 Å². The molecular weight excluding hydrogens is 260 g/mol. The Balaban J connectivity index is 1.65. The highest BCUT2D eigenvalue weighted by Crippen LogP contribution is 2.10.